The monoisotopic (exact) mass is 172 g/mol. The number of esters is 1. The van der Waals surface area contributed by atoms with E-state index in [2.05, 4.69) is 0 Å². The van der Waals surface area contributed by atoms with E-state index in [1.54, 1.807) is 19.9 Å². The fraction of sp³-hybridized carbons (Fsp3) is 0.500. The van der Waals surface area contributed by atoms with Crippen LogP contribution in [0.15, 0.2) is 11.8 Å². The minimum absolute atomic E-state index is 0.0828. The first kappa shape index (κ1) is 10.7. The Morgan fingerprint density at radius 3 is 2.42 bits per heavy atom. The molecule has 4 nitrogen and oxygen atoms in total. The molecule has 0 saturated carbocycles. The highest BCUT2D eigenvalue weighted by atomic mass is 16.5. The Hall–Kier alpha value is -1.32. The van der Waals surface area contributed by atoms with Crippen LogP contribution < -0.4 is 0 Å². The van der Waals surface area contributed by atoms with Crippen LogP contribution >= 0.6 is 0 Å². The van der Waals surface area contributed by atoms with Gasteiger partial charge >= 0.3 is 11.9 Å². The molecular formula is C8H12O4. The summed E-state index contributed by atoms with van der Waals surface area (Å²) in [6, 6.07) is 0. The van der Waals surface area contributed by atoms with E-state index >= 15 is 0 Å². The first-order valence-electron chi connectivity index (χ1n) is 3.61. The predicted octanol–water partition coefficient (Wildman–Crippen LogP) is 1.32. The van der Waals surface area contributed by atoms with Crippen LogP contribution in [0, 0.1) is 0 Å². The number of rotatable bonds is 4. The fourth-order valence-electron chi connectivity index (χ4n) is 0.499. The van der Waals surface area contributed by atoms with Crippen molar-refractivity contribution in [1.82, 2.24) is 0 Å². The zero-order valence-electron chi connectivity index (χ0n) is 7.16. The smallest absolute Gasteiger partial charge is 0.311 e. The Morgan fingerprint density at radius 2 is 2.00 bits per heavy atom. The van der Waals surface area contributed by atoms with Gasteiger partial charge < -0.3 is 9.84 Å². The molecule has 0 bridgehead atoms. The number of carboxylic acid groups (broad SMARTS) is 1. The molecule has 0 amide bonds. The molecule has 4 heteroatoms. The highest BCUT2D eigenvalue weighted by Gasteiger charge is 2.06. The van der Waals surface area contributed by atoms with E-state index in [1.165, 1.54) is 0 Å². The number of carbonyl (C=O) groups excluding carboxylic acids is 1. The maximum atomic E-state index is 10.8. The zero-order valence-corrected chi connectivity index (χ0v) is 7.16. The first-order chi connectivity index (χ1) is 5.56. The van der Waals surface area contributed by atoms with Crippen LogP contribution in [0.1, 0.15) is 26.7 Å². The Kier molecular flexibility index (Phi) is 4.76. The number of carboxylic acids is 1. The van der Waals surface area contributed by atoms with Gasteiger partial charge in [0.05, 0.1) is 12.8 Å². The molecular weight excluding hydrogens is 160 g/mol. The van der Waals surface area contributed by atoms with Gasteiger partial charge in [0.2, 0.25) is 0 Å². The van der Waals surface area contributed by atoms with Gasteiger partial charge in [-0.25, -0.2) is 0 Å². The number of ether oxygens (including phenoxy) is 1. The third-order valence-electron chi connectivity index (χ3n) is 1.22. The summed E-state index contributed by atoms with van der Waals surface area (Å²) in [5.41, 5.74) is 0. The zero-order chi connectivity index (χ0) is 9.56. The lowest BCUT2D eigenvalue weighted by Gasteiger charge is -2.01. The average molecular weight is 172 g/mol. The van der Waals surface area contributed by atoms with E-state index in [4.69, 9.17) is 9.84 Å². The van der Waals surface area contributed by atoms with Gasteiger partial charge in [0.1, 0.15) is 5.76 Å². The molecule has 0 spiro atoms. The Balaban J connectivity index is 3.68. The maximum absolute atomic E-state index is 10.8. The van der Waals surface area contributed by atoms with Crippen molar-refractivity contribution in [3.8, 4) is 0 Å². The fourth-order valence-corrected chi connectivity index (χ4v) is 0.499. The molecule has 0 atom stereocenters. The molecule has 0 heterocycles. The van der Waals surface area contributed by atoms with Crippen LogP contribution in [-0.4, -0.2) is 17.0 Å². The van der Waals surface area contributed by atoms with E-state index in [0.717, 1.165) is 0 Å². The van der Waals surface area contributed by atoms with Crippen molar-refractivity contribution in [3.05, 3.63) is 11.8 Å². The summed E-state index contributed by atoms with van der Waals surface area (Å²) in [6.45, 7) is 3.37. The Morgan fingerprint density at radius 1 is 1.42 bits per heavy atom. The minimum Gasteiger partial charge on any atom is -0.481 e. The van der Waals surface area contributed by atoms with E-state index in [9.17, 15) is 9.59 Å². The van der Waals surface area contributed by atoms with Crippen molar-refractivity contribution in [2.24, 2.45) is 0 Å². The lowest BCUT2D eigenvalue weighted by Crippen LogP contribution is -2.06. The van der Waals surface area contributed by atoms with Gasteiger partial charge in [0, 0.05) is 0 Å². The quantitative estimate of drug-likeness (QED) is 0.513. The van der Waals surface area contributed by atoms with Gasteiger partial charge in [0.15, 0.2) is 0 Å². The molecule has 0 aromatic heterocycles. The molecule has 0 saturated heterocycles. The molecule has 0 aromatic carbocycles. The lowest BCUT2D eigenvalue weighted by molar-refractivity contribution is -0.144. The molecule has 12 heavy (non-hydrogen) atoms. The SMILES string of the molecule is CC=C(C)OC(=O)CCC(=O)O. The number of hydrogen-bond acceptors (Lipinski definition) is 3. The summed E-state index contributed by atoms with van der Waals surface area (Å²) in [6.07, 6.45) is 1.37. The van der Waals surface area contributed by atoms with Gasteiger partial charge in [-0.2, -0.15) is 0 Å². The molecule has 0 radical (unpaired) electrons. The molecule has 68 valence electrons. The van der Waals surface area contributed by atoms with E-state index in [-0.39, 0.29) is 12.8 Å². The first-order valence-corrected chi connectivity index (χ1v) is 3.61. The Labute approximate surface area is 70.8 Å². The van der Waals surface area contributed by atoms with Gasteiger partial charge in [-0.15, -0.1) is 0 Å². The van der Waals surface area contributed by atoms with Crippen molar-refractivity contribution < 1.29 is 19.4 Å². The summed E-state index contributed by atoms with van der Waals surface area (Å²) in [5, 5.41) is 8.23. The van der Waals surface area contributed by atoms with Gasteiger partial charge in [-0.3, -0.25) is 9.59 Å². The van der Waals surface area contributed by atoms with Crippen molar-refractivity contribution in [3.63, 3.8) is 0 Å². The van der Waals surface area contributed by atoms with Gasteiger partial charge in [0.25, 0.3) is 0 Å². The van der Waals surface area contributed by atoms with Crippen LogP contribution in [0.2, 0.25) is 0 Å². The van der Waals surface area contributed by atoms with Crippen LogP contribution in [0.4, 0.5) is 0 Å². The number of hydrogen-bond donors (Lipinski definition) is 1. The lowest BCUT2D eigenvalue weighted by atomic mass is 10.3. The molecule has 1 N–H and O–H groups in total. The largest absolute Gasteiger partial charge is 0.481 e. The molecule has 0 aliphatic heterocycles. The summed E-state index contributed by atoms with van der Waals surface area (Å²) in [4.78, 5) is 20.8. The molecule has 0 aliphatic rings. The van der Waals surface area contributed by atoms with E-state index in [1.807, 2.05) is 0 Å². The second-order valence-electron chi connectivity index (χ2n) is 2.27. The van der Waals surface area contributed by atoms with E-state index < -0.39 is 11.9 Å². The van der Waals surface area contributed by atoms with Crippen LogP contribution in [0.3, 0.4) is 0 Å². The third-order valence-corrected chi connectivity index (χ3v) is 1.22. The number of aliphatic carboxylic acids is 1. The summed E-state index contributed by atoms with van der Waals surface area (Å²) >= 11 is 0. The van der Waals surface area contributed by atoms with Crippen molar-refractivity contribution >= 4 is 11.9 Å². The van der Waals surface area contributed by atoms with Crippen molar-refractivity contribution in [2.45, 2.75) is 26.7 Å². The molecule has 0 aliphatic carbocycles. The summed E-state index contributed by atoms with van der Waals surface area (Å²) < 4.78 is 4.71. The standard InChI is InChI=1S/C8H12O4/c1-3-6(2)12-8(11)5-4-7(9)10/h3H,4-5H2,1-2H3,(H,9,10). The maximum Gasteiger partial charge on any atom is 0.311 e. The number of allylic oxidation sites excluding steroid dienone is 2. The van der Waals surface area contributed by atoms with Crippen molar-refractivity contribution in [2.75, 3.05) is 0 Å². The second kappa shape index (κ2) is 5.35. The highest BCUT2D eigenvalue weighted by molar-refractivity contribution is 5.77. The van der Waals surface area contributed by atoms with Crippen LogP contribution in [0.25, 0.3) is 0 Å². The summed E-state index contributed by atoms with van der Waals surface area (Å²) in [5.74, 6) is -1.01. The second-order valence-corrected chi connectivity index (χ2v) is 2.27. The normalized spacial score (nSPS) is 11.0. The van der Waals surface area contributed by atoms with Gasteiger partial charge in [-0.1, -0.05) is 0 Å². The van der Waals surface area contributed by atoms with Crippen molar-refractivity contribution in [1.29, 1.82) is 0 Å². The number of carbonyl (C=O) groups is 2. The molecule has 0 rings (SSSR count). The Bertz CT molecular complexity index is 205. The third kappa shape index (κ3) is 5.46. The van der Waals surface area contributed by atoms with Crippen LogP contribution in [-0.2, 0) is 14.3 Å². The van der Waals surface area contributed by atoms with E-state index in [0.29, 0.717) is 5.76 Å². The minimum atomic E-state index is -0.995. The molecule has 0 fully saturated rings. The summed E-state index contributed by atoms with van der Waals surface area (Å²) in [7, 11) is 0. The van der Waals surface area contributed by atoms with Crippen LogP contribution in [0.5, 0.6) is 0 Å². The average Bonchev–Trinajstić information content (AvgIpc) is 2.00. The molecule has 0 aromatic rings. The molecule has 0 unspecified atom stereocenters. The highest BCUT2D eigenvalue weighted by Crippen LogP contribution is 1.99. The predicted molar refractivity (Wildman–Crippen MR) is 42.4 cm³/mol. The van der Waals surface area contributed by atoms with Gasteiger partial charge in [-0.05, 0) is 19.9 Å². The topological polar surface area (TPSA) is 63.6 Å².